The van der Waals surface area contributed by atoms with Crippen LogP contribution in [0.1, 0.15) is 16.7 Å². The van der Waals surface area contributed by atoms with Crippen LogP contribution in [-0.4, -0.2) is 26.1 Å². The minimum atomic E-state index is -4.32. The first kappa shape index (κ1) is 23.1. The Labute approximate surface area is 185 Å². The van der Waals surface area contributed by atoms with Crippen LogP contribution in [0.4, 0.5) is 18.9 Å². The van der Waals surface area contributed by atoms with E-state index in [2.05, 4.69) is 56.9 Å². The molecular formula is C21H24F3IN4. The van der Waals surface area contributed by atoms with E-state index in [4.69, 9.17) is 0 Å². The maximum atomic E-state index is 12.6. The third-order valence-corrected chi connectivity index (χ3v) is 4.54. The zero-order valence-electron chi connectivity index (χ0n) is 16.0. The molecule has 1 aliphatic rings. The largest absolute Gasteiger partial charge is 0.416 e. The highest BCUT2D eigenvalue weighted by Crippen LogP contribution is 2.29. The second-order valence-corrected chi connectivity index (χ2v) is 6.52. The van der Waals surface area contributed by atoms with E-state index in [0.29, 0.717) is 19.0 Å². The Morgan fingerprint density at radius 2 is 1.38 bits per heavy atom. The number of aliphatic imine (C=N–C) groups is 1. The number of nitrogens with zero attached hydrogens (tertiary/aromatic N) is 2. The minimum absolute atomic E-state index is 0. The lowest BCUT2D eigenvalue weighted by Crippen LogP contribution is -2.36. The molecule has 1 aliphatic heterocycles. The summed E-state index contributed by atoms with van der Waals surface area (Å²) in [5, 5.41) is 6.32. The zero-order valence-corrected chi connectivity index (χ0v) is 18.4. The van der Waals surface area contributed by atoms with E-state index >= 15 is 0 Å². The predicted octanol–water partition coefficient (Wildman–Crippen LogP) is 4.56. The normalized spacial score (nSPS) is 13.9. The second-order valence-electron chi connectivity index (χ2n) is 6.52. The average Bonchev–Trinajstić information content (AvgIpc) is 3.23. The summed E-state index contributed by atoms with van der Waals surface area (Å²) in [5.41, 5.74) is 2.42. The number of anilines is 1. The molecule has 0 spiro atoms. The summed E-state index contributed by atoms with van der Waals surface area (Å²) in [7, 11) is 1.66. The molecule has 0 unspecified atom stereocenters. The van der Waals surface area contributed by atoms with E-state index in [0.717, 1.165) is 36.3 Å². The molecule has 0 fully saturated rings. The van der Waals surface area contributed by atoms with Crippen molar-refractivity contribution in [3.05, 3.63) is 77.4 Å². The predicted molar refractivity (Wildman–Crippen MR) is 122 cm³/mol. The molecule has 0 saturated carbocycles. The van der Waals surface area contributed by atoms with Gasteiger partial charge in [0.1, 0.15) is 0 Å². The van der Waals surface area contributed by atoms with Crippen molar-refractivity contribution in [1.29, 1.82) is 0 Å². The summed E-state index contributed by atoms with van der Waals surface area (Å²) < 4.78 is 37.8. The Morgan fingerprint density at radius 3 is 1.83 bits per heavy atom. The quantitative estimate of drug-likeness (QED) is 0.265. The van der Waals surface area contributed by atoms with Crippen LogP contribution in [0.5, 0.6) is 0 Å². The number of hydrogen-bond acceptors (Lipinski definition) is 2. The standard InChI is InChI=1S/C21H23F3N4.HI/c1-25-20(26-14-16-4-8-18(9-5-16)21(22,23)24)27-15-17-6-10-19(11-7-17)28-12-2-3-13-28;/h2-11H,12-15H2,1H3,(H2,25,26,27);1H. The second kappa shape index (κ2) is 10.5. The summed E-state index contributed by atoms with van der Waals surface area (Å²) >= 11 is 0. The Kier molecular flexibility index (Phi) is 8.36. The van der Waals surface area contributed by atoms with Gasteiger partial charge in [0.2, 0.25) is 0 Å². The number of hydrogen-bond donors (Lipinski definition) is 2. The van der Waals surface area contributed by atoms with Gasteiger partial charge in [0, 0.05) is 38.9 Å². The van der Waals surface area contributed by atoms with Crippen LogP contribution in [-0.2, 0) is 19.3 Å². The molecule has 0 radical (unpaired) electrons. The summed E-state index contributed by atoms with van der Waals surface area (Å²) in [5.74, 6) is 0.590. The highest BCUT2D eigenvalue weighted by atomic mass is 127. The number of alkyl halides is 3. The maximum absolute atomic E-state index is 12.6. The van der Waals surface area contributed by atoms with E-state index in [1.807, 2.05) is 0 Å². The third-order valence-electron chi connectivity index (χ3n) is 4.54. The fraction of sp³-hybridized carbons (Fsp3) is 0.286. The molecule has 4 nitrogen and oxygen atoms in total. The first-order valence-corrected chi connectivity index (χ1v) is 9.05. The summed E-state index contributed by atoms with van der Waals surface area (Å²) in [6, 6.07) is 13.5. The van der Waals surface area contributed by atoms with Crippen LogP contribution in [0, 0.1) is 0 Å². The van der Waals surface area contributed by atoms with Crippen molar-refractivity contribution in [1.82, 2.24) is 10.6 Å². The molecule has 0 aromatic heterocycles. The van der Waals surface area contributed by atoms with Gasteiger partial charge in [-0.25, -0.2) is 0 Å². The van der Waals surface area contributed by atoms with Gasteiger partial charge < -0.3 is 15.5 Å². The monoisotopic (exact) mass is 516 g/mol. The molecule has 0 bridgehead atoms. The van der Waals surface area contributed by atoms with Gasteiger partial charge in [0.15, 0.2) is 5.96 Å². The molecule has 2 aromatic carbocycles. The number of nitrogens with one attached hydrogen (secondary N) is 2. The highest BCUT2D eigenvalue weighted by Gasteiger charge is 2.29. The molecule has 0 saturated heterocycles. The lowest BCUT2D eigenvalue weighted by molar-refractivity contribution is -0.137. The first-order valence-electron chi connectivity index (χ1n) is 9.05. The van der Waals surface area contributed by atoms with Gasteiger partial charge >= 0.3 is 6.18 Å². The molecule has 0 atom stereocenters. The number of guanidine groups is 1. The van der Waals surface area contributed by atoms with E-state index in [1.165, 1.54) is 17.8 Å². The molecule has 2 aromatic rings. The van der Waals surface area contributed by atoms with Gasteiger partial charge in [-0.1, -0.05) is 36.4 Å². The van der Waals surface area contributed by atoms with Crippen LogP contribution < -0.4 is 15.5 Å². The van der Waals surface area contributed by atoms with Crippen molar-refractivity contribution in [2.75, 3.05) is 25.0 Å². The Hall–Kier alpha value is -2.23. The van der Waals surface area contributed by atoms with E-state index in [1.54, 1.807) is 7.05 Å². The fourth-order valence-corrected chi connectivity index (χ4v) is 2.92. The average molecular weight is 516 g/mol. The molecule has 0 amide bonds. The molecule has 1 heterocycles. The number of rotatable bonds is 5. The van der Waals surface area contributed by atoms with Crippen molar-refractivity contribution in [2.45, 2.75) is 19.3 Å². The molecule has 3 rings (SSSR count). The van der Waals surface area contributed by atoms with Gasteiger partial charge in [0.25, 0.3) is 0 Å². The lowest BCUT2D eigenvalue weighted by Gasteiger charge is -2.18. The molecule has 29 heavy (non-hydrogen) atoms. The van der Waals surface area contributed by atoms with Crippen LogP contribution in [0.25, 0.3) is 0 Å². The SMILES string of the molecule is CN=C(NCc1ccc(N2CC=CC2)cc1)NCc1ccc(C(F)(F)F)cc1.I. The van der Waals surface area contributed by atoms with E-state index in [-0.39, 0.29) is 24.0 Å². The van der Waals surface area contributed by atoms with Gasteiger partial charge in [-0.3, -0.25) is 4.99 Å². The lowest BCUT2D eigenvalue weighted by atomic mass is 10.1. The smallest absolute Gasteiger partial charge is 0.364 e. The van der Waals surface area contributed by atoms with Gasteiger partial charge in [-0.2, -0.15) is 13.2 Å². The Balaban J connectivity index is 0.00000300. The van der Waals surface area contributed by atoms with Gasteiger partial charge in [-0.15, -0.1) is 24.0 Å². The van der Waals surface area contributed by atoms with Crippen LogP contribution >= 0.6 is 24.0 Å². The Bertz CT molecular complexity index is 822. The molecular weight excluding hydrogens is 492 g/mol. The fourth-order valence-electron chi connectivity index (χ4n) is 2.92. The first-order chi connectivity index (χ1) is 13.5. The van der Waals surface area contributed by atoms with Crippen LogP contribution in [0.2, 0.25) is 0 Å². The molecule has 156 valence electrons. The Morgan fingerprint density at radius 1 is 0.897 bits per heavy atom. The number of benzene rings is 2. The minimum Gasteiger partial charge on any atom is -0.364 e. The maximum Gasteiger partial charge on any atom is 0.416 e. The van der Waals surface area contributed by atoms with Crippen molar-refractivity contribution >= 4 is 35.6 Å². The third kappa shape index (κ3) is 6.66. The molecule has 0 aliphatic carbocycles. The summed E-state index contributed by atoms with van der Waals surface area (Å²) in [6.45, 7) is 2.88. The van der Waals surface area contributed by atoms with Crippen molar-refractivity contribution < 1.29 is 13.2 Å². The van der Waals surface area contributed by atoms with E-state index in [9.17, 15) is 13.2 Å². The highest BCUT2D eigenvalue weighted by molar-refractivity contribution is 14.0. The van der Waals surface area contributed by atoms with Gasteiger partial charge in [0.05, 0.1) is 5.56 Å². The molecule has 2 N–H and O–H groups in total. The van der Waals surface area contributed by atoms with Crippen LogP contribution in [0.3, 0.4) is 0 Å². The van der Waals surface area contributed by atoms with E-state index < -0.39 is 11.7 Å². The van der Waals surface area contributed by atoms with Crippen molar-refractivity contribution in [3.8, 4) is 0 Å². The summed E-state index contributed by atoms with van der Waals surface area (Å²) in [6.07, 6.45) is -0.00598. The van der Waals surface area contributed by atoms with Gasteiger partial charge in [-0.05, 0) is 35.4 Å². The topological polar surface area (TPSA) is 39.7 Å². The van der Waals surface area contributed by atoms with Crippen molar-refractivity contribution in [2.24, 2.45) is 4.99 Å². The zero-order chi connectivity index (χ0) is 20.0. The van der Waals surface area contributed by atoms with Crippen LogP contribution in [0.15, 0.2) is 65.7 Å². The number of halogens is 4. The summed E-state index contributed by atoms with van der Waals surface area (Å²) in [4.78, 5) is 6.43. The van der Waals surface area contributed by atoms with Crippen molar-refractivity contribution in [3.63, 3.8) is 0 Å². The molecule has 8 heteroatoms.